The molecule has 0 N–H and O–H groups in total. The maximum Gasteiger partial charge on any atom is 0.0564 e. The van der Waals surface area contributed by atoms with Crippen molar-refractivity contribution in [1.82, 2.24) is 0 Å². The zero-order valence-corrected chi connectivity index (χ0v) is 10.8. The highest BCUT2D eigenvalue weighted by molar-refractivity contribution is 6.45. The van der Waals surface area contributed by atoms with Crippen LogP contribution in [-0.4, -0.2) is 0 Å². The molecule has 0 saturated carbocycles. The van der Waals surface area contributed by atoms with Gasteiger partial charge >= 0.3 is 0 Å². The van der Waals surface area contributed by atoms with E-state index in [1.165, 1.54) is 0 Å². The maximum absolute atomic E-state index is 6.22. The summed E-state index contributed by atoms with van der Waals surface area (Å²) in [6, 6.07) is 15.0. The van der Waals surface area contributed by atoms with Crippen LogP contribution in [0.25, 0.3) is 21.5 Å². The normalized spacial score (nSPS) is 11.2. The fraction of sp³-hybridized carbons (Fsp3) is 0. The molecule has 0 atom stereocenters. The summed E-state index contributed by atoms with van der Waals surface area (Å²) in [7, 11) is 0. The molecule has 0 aliphatic heterocycles. The van der Waals surface area contributed by atoms with Crippen LogP contribution in [0.5, 0.6) is 0 Å². The minimum Gasteiger partial charge on any atom is -0.0836 e. The highest BCUT2D eigenvalue weighted by atomic mass is 35.5. The van der Waals surface area contributed by atoms with Crippen LogP contribution in [0.15, 0.2) is 30.3 Å². The molecule has 3 heteroatoms. The second kappa shape index (κ2) is 4.06. The third-order valence-electron chi connectivity index (χ3n) is 2.73. The molecule has 2 radical (unpaired) electrons. The summed E-state index contributed by atoms with van der Waals surface area (Å²) in [6.07, 6.45) is 0. The van der Waals surface area contributed by atoms with E-state index in [1.54, 1.807) is 12.1 Å². The molecule has 82 valence electrons. The first-order chi connectivity index (χ1) is 8.18. The third kappa shape index (κ3) is 1.68. The lowest BCUT2D eigenvalue weighted by Crippen LogP contribution is -1.82. The van der Waals surface area contributed by atoms with Gasteiger partial charge in [0.2, 0.25) is 0 Å². The smallest absolute Gasteiger partial charge is 0.0564 e. The monoisotopic (exact) mass is 278 g/mol. The molecule has 0 saturated heterocycles. The minimum absolute atomic E-state index is 0.551. The van der Waals surface area contributed by atoms with Crippen LogP contribution in [0.3, 0.4) is 0 Å². The van der Waals surface area contributed by atoms with Crippen LogP contribution in [0.1, 0.15) is 0 Å². The summed E-state index contributed by atoms with van der Waals surface area (Å²) >= 11 is 18.6. The van der Waals surface area contributed by atoms with E-state index in [1.807, 2.05) is 18.2 Å². The van der Waals surface area contributed by atoms with Crippen LogP contribution in [-0.2, 0) is 0 Å². The number of fused-ring (bicyclic) bond motifs is 3. The first-order valence-corrected chi connectivity index (χ1v) is 6.09. The molecule has 3 aromatic carbocycles. The third-order valence-corrected chi connectivity index (χ3v) is 3.64. The van der Waals surface area contributed by atoms with E-state index in [4.69, 9.17) is 34.8 Å². The average molecular weight is 280 g/mol. The number of halogens is 3. The van der Waals surface area contributed by atoms with Gasteiger partial charge in [-0.3, -0.25) is 0 Å². The summed E-state index contributed by atoms with van der Waals surface area (Å²) < 4.78 is 0. The van der Waals surface area contributed by atoms with Crippen molar-refractivity contribution in [3.63, 3.8) is 0 Å². The summed E-state index contributed by atoms with van der Waals surface area (Å²) in [5.41, 5.74) is 0. The van der Waals surface area contributed by atoms with Crippen molar-refractivity contribution >= 4 is 56.3 Å². The Hall–Kier alpha value is -0.950. The van der Waals surface area contributed by atoms with E-state index in [9.17, 15) is 0 Å². The highest BCUT2D eigenvalue weighted by Gasteiger charge is 2.10. The highest BCUT2D eigenvalue weighted by Crippen LogP contribution is 2.37. The molecule has 0 unspecified atom stereocenters. The van der Waals surface area contributed by atoms with Gasteiger partial charge in [-0.2, -0.15) is 0 Å². The van der Waals surface area contributed by atoms with Crippen molar-refractivity contribution in [2.45, 2.75) is 0 Å². The molecule has 0 fully saturated rings. The molecule has 0 aliphatic carbocycles. The fourth-order valence-corrected chi connectivity index (χ4v) is 2.71. The van der Waals surface area contributed by atoms with Crippen molar-refractivity contribution < 1.29 is 0 Å². The molecule has 0 heterocycles. The van der Waals surface area contributed by atoms with Gasteiger partial charge in [0.15, 0.2) is 0 Å². The van der Waals surface area contributed by atoms with Crippen LogP contribution >= 0.6 is 34.8 Å². The van der Waals surface area contributed by atoms with Crippen molar-refractivity contribution in [2.75, 3.05) is 0 Å². The van der Waals surface area contributed by atoms with Gasteiger partial charge in [-0.15, -0.1) is 0 Å². The molecule has 0 bridgehead atoms. The maximum atomic E-state index is 6.22. The van der Waals surface area contributed by atoms with Gasteiger partial charge in [0.1, 0.15) is 0 Å². The Morgan fingerprint density at radius 2 is 1.59 bits per heavy atom. The lowest BCUT2D eigenvalue weighted by molar-refractivity contribution is 1.74. The largest absolute Gasteiger partial charge is 0.0836 e. The fourth-order valence-electron chi connectivity index (χ4n) is 1.98. The number of hydrogen-bond acceptors (Lipinski definition) is 0. The van der Waals surface area contributed by atoms with Gasteiger partial charge in [0, 0.05) is 32.3 Å². The molecule has 17 heavy (non-hydrogen) atoms. The number of rotatable bonds is 0. The average Bonchev–Trinajstić information content (AvgIpc) is 2.33. The molecular formula is C14H5Cl3. The van der Waals surface area contributed by atoms with Gasteiger partial charge in [0.05, 0.1) is 5.02 Å². The van der Waals surface area contributed by atoms with Gasteiger partial charge in [-0.05, 0) is 29.7 Å². The quantitative estimate of drug-likeness (QED) is 0.473. The van der Waals surface area contributed by atoms with Crippen LogP contribution in [0.2, 0.25) is 15.1 Å². The van der Waals surface area contributed by atoms with Crippen molar-refractivity contribution in [1.29, 1.82) is 0 Å². The minimum atomic E-state index is 0.551. The van der Waals surface area contributed by atoms with E-state index < -0.39 is 0 Å². The van der Waals surface area contributed by atoms with Crippen LogP contribution in [0, 0.1) is 12.1 Å². The Morgan fingerprint density at radius 3 is 2.41 bits per heavy atom. The molecule has 0 aromatic heterocycles. The zero-order valence-electron chi connectivity index (χ0n) is 8.52. The van der Waals surface area contributed by atoms with E-state index >= 15 is 0 Å². The predicted octanol–water partition coefficient (Wildman–Crippen LogP) is 5.55. The Morgan fingerprint density at radius 1 is 0.824 bits per heavy atom. The zero-order chi connectivity index (χ0) is 12.0. The summed E-state index contributed by atoms with van der Waals surface area (Å²) in [5, 5.41) is 5.40. The molecule has 0 amide bonds. The predicted molar refractivity (Wildman–Crippen MR) is 74.2 cm³/mol. The molecular weight excluding hydrogens is 275 g/mol. The Balaban J connectivity index is 2.68. The van der Waals surface area contributed by atoms with E-state index in [2.05, 4.69) is 12.1 Å². The number of hydrogen-bond donors (Lipinski definition) is 0. The van der Waals surface area contributed by atoms with E-state index in [-0.39, 0.29) is 0 Å². The molecule has 0 nitrogen and oxygen atoms in total. The second-order valence-corrected chi connectivity index (χ2v) is 4.90. The second-order valence-electron chi connectivity index (χ2n) is 3.71. The van der Waals surface area contributed by atoms with Crippen molar-refractivity contribution in [3.8, 4) is 0 Å². The molecule has 3 aromatic rings. The summed E-state index contributed by atoms with van der Waals surface area (Å²) in [6.45, 7) is 0. The lowest BCUT2D eigenvalue weighted by atomic mass is 10.0. The van der Waals surface area contributed by atoms with Crippen molar-refractivity contribution in [3.05, 3.63) is 57.5 Å². The molecule has 0 aliphatic rings. The first kappa shape index (κ1) is 11.2. The lowest BCUT2D eigenvalue weighted by Gasteiger charge is -2.08. The summed E-state index contributed by atoms with van der Waals surface area (Å²) in [4.78, 5) is 0. The van der Waals surface area contributed by atoms with Gasteiger partial charge < -0.3 is 0 Å². The van der Waals surface area contributed by atoms with Gasteiger partial charge in [-0.25, -0.2) is 0 Å². The van der Waals surface area contributed by atoms with E-state index in [0.717, 1.165) is 21.5 Å². The van der Waals surface area contributed by atoms with Gasteiger partial charge in [-0.1, -0.05) is 46.9 Å². The topological polar surface area (TPSA) is 0 Å². The SMILES string of the molecule is Clc1[c]cc(Cl)c2c1ccc1c[c]cc(Cl)c12. The van der Waals surface area contributed by atoms with Crippen LogP contribution < -0.4 is 0 Å². The Kier molecular flexibility index (Phi) is 2.67. The van der Waals surface area contributed by atoms with Gasteiger partial charge in [0.25, 0.3) is 0 Å². The summed E-state index contributed by atoms with van der Waals surface area (Å²) in [5.74, 6) is 0. The number of benzene rings is 3. The standard InChI is InChI=1S/C14H5Cl3/c15-10-6-7-12(17)14-9(10)5-4-8-2-1-3-11(16)13(8)14/h2-5,7H. The Bertz CT molecular complexity index is 732. The van der Waals surface area contributed by atoms with Crippen LogP contribution in [0.4, 0.5) is 0 Å². The Labute approximate surface area is 114 Å². The first-order valence-electron chi connectivity index (χ1n) is 4.96. The molecule has 0 spiro atoms. The van der Waals surface area contributed by atoms with Crippen molar-refractivity contribution in [2.24, 2.45) is 0 Å². The molecule has 3 rings (SSSR count). The van der Waals surface area contributed by atoms with E-state index in [0.29, 0.717) is 15.1 Å².